The van der Waals surface area contributed by atoms with E-state index >= 15 is 0 Å². The average Bonchev–Trinajstić information content (AvgIpc) is 2.71. The molecule has 8 nitrogen and oxygen atoms in total. The number of aryl methyl sites for hydroxylation is 2. The van der Waals surface area contributed by atoms with Crippen molar-refractivity contribution in [2.75, 3.05) is 19.0 Å². The van der Waals surface area contributed by atoms with Gasteiger partial charge in [-0.1, -0.05) is 0 Å². The first-order chi connectivity index (χ1) is 14.8. The van der Waals surface area contributed by atoms with Crippen LogP contribution in [-0.2, 0) is 14.8 Å². The summed E-state index contributed by atoms with van der Waals surface area (Å²) in [7, 11) is -2.09. The van der Waals surface area contributed by atoms with Crippen LogP contribution < -0.4 is 14.8 Å². The molecule has 0 saturated carbocycles. The minimum absolute atomic E-state index is 0.174. The molecule has 2 aromatic heterocycles. The number of nitrogens with one attached hydrogen (secondary N) is 2. The van der Waals surface area contributed by atoms with Gasteiger partial charge in [0, 0.05) is 36.8 Å². The summed E-state index contributed by atoms with van der Waals surface area (Å²) in [5, 5.41) is 3.15. The third-order valence-electron chi connectivity index (χ3n) is 4.35. The summed E-state index contributed by atoms with van der Waals surface area (Å²) in [6.07, 6.45) is 1.63. The van der Waals surface area contributed by atoms with E-state index in [0.29, 0.717) is 29.6 Å². The second kappa shape index (κ2) is 9.86. The van der Waals surface area contributed by atoms with Gasteiger partial charge in [0.15, 0.2) is 0 Å². The van der Waals surface area contributed by atoms with Gasteiger partial charge in [-0.3, -0.25) is 4.98 Å². The Labute approximate surface area is 182 Å². The average molecular weight is 443 g/mol. The molecule has 1 unspecified atom stereocenters. The van der Waals surface area contributed by atoms with Crippen LogP contribution in [0.15, 0.2) is 59.6 Å². The van der Waals surface area contributed by atoms with Crippen LogP contribution in [0, 0.1) is 13.8 Å². The van der Waals surface area contributed by atoms with E-state index in [1.165, 1.54) is 19.2 Å². The van der Waals surface area contributed by atoms with Crippen molar-refractivity contribution < 1.29 is 17.9 Å². The predicted molar refractivity (Wildman–Crippen MR) is 119 cm³/mol. The minimum atomic E-state index is -3.62. The van der Waals surface area contributed by atoms with Gasteiger partial charge in [0.05, 0.1) is 17.2 Å². The zero-order valence-electron chi connectivity index (χ0n) is 17.9. The Morgan fingerprint density at radius 3 is 2.48 bits per heavy atom. The van der Waals surface area contributed by atoms with E-state index in [1.54, 1.807) is 37.4 Å². The molecule has 0 aliphatic carbocycles. The highest BCUT2D eigenvalue weighted by Gasteiger charge is 2.17. The second-order valence-corrected chi connectivity index (χ2v) is 8.86. The molecule has 164 valence electrons. The van der Waals surface area contributed by atoms with Crippen molar-refractivity contribution in [3.8, 4) is 11.5 Å². The fourth-order valence-electron chi connectivity index (χ4n) is 2.93. The molecule has 1 aromatic carbocycles. The van der Waals surface area contributed by atoms with Crippen LogP contribution in [0.1, 0.15) is 18.3 Å². The Bertz CT molecular complexity index is 1130. The van der Waals surface area contributed by atoms with Gasteiger partial charge in [-0.25, -0.2) is 18.1 Å². The lowest BCUT2D eigenvalue weighted by Gasteiger charge is -2.14. The lowest BCUT2D eigenvalue weighted by molar-refractivity contribution is 0.180. The third kappa shape index (κ3) is 6.24. The summed E-state index contributed by atoms with van der Waals surface area (Å²) in [5.41, 5.74) is 2.43. The van der Waals surface area contributed by atoms with Crippen LogP contribution in [0.5, 0.6) is 11.5 Å². The van der Waals surface area contributed by atoms with Gasteiger partial charge in [0.25, 0.3) is 0 Å². The van der Waals surface area contributed by atoms with E-state index in [1.807, 2.05) is 26.0 Å². The molecule has 0 amide bonds. The summed E-state index contributed by atoms with van der Waals surface area (Å²) in [5.74, 6) is 1.85. The summed E-state index contributed by atoms with van der Waals surface area (Å²) >= 11 is 0. The standard InChI is InChI=1S/C22H26N4O4S/c1-15-5-10-21(17(3)24-15)30-19-11-12-23-22(13-19)25-18-6-8-20(9-7-18)31(27,28)26-16(2)14-29-4/h5-13,16,26H,14H2,1-4H3,(H,23,25). The number of sulfonamides is 1. The number of hydrogen-bond acceptors (Lipinski definition) is 7. The van der Waals surface area contributed by atoms with Crippen LogP contribution in [-0.4, -0.2) is 38.1 Å². The Hall–Kier alpha value is -3.01. The lowest BCUT2D eigenvalue weighted by Crippen LogP contribution is -2.35. The highest BCUT2D eigenvalue weighted by Crippen LogP contribution is 2.26. The molecular weight excluding hydrogens is 416 g/mol. The summed E-state index contributed by atoms with van der Waals surface area (Å²) in [6.45, 7) is 5.86. The summed E-state index contributed by atoms with van der Waals surface area (Å²) in [6, 6.07) is 13.4. The lowest BCUT2D eigenvalue weighted by atomic mass is 10.3. The number of nitrogens with zero attached hydrogens (tertiary/aromatic N) is 2. The first-order valence-electron chi connectivity index (χ1n) is 9.73. The van der Waals surface area contributed by atoms with Crippen LogP contribution in [0.3, 0.4) is 0 Å². The highest BCUT2D eigenvalue weighted by molar-refractivity contribution is 7.89. The van der Waals surface area contributed by atoms with Gasteiger partial charge >= 0.3 is 0 Å². The SMILES string of the molecule is COCC(C)NS(=O)(=O)c1ccc(Nc2cc(Oc3ccc(C)nc3C)ccn2)cc1. The Morgan fingerprint density at radius 1 is 1.06 bits per heavy atom. The van der Waals surface area contributed by atoms with Crippen molar-refractivity contribution in [2.45, 2.75) is 31.7 Å². The first-order valence-corrected chi connectivity index (χ1v) is 11.2. The Morgan fingerprint density at radius 2 is 1.81 bits per heavy atom. The number of pyridine rings is 2. The maximum absolute atomic E-state index is 12.4. The van der Waals surface area contributed by atoms with E-state index in [2.05, 4.69) is 20.0 Å². The predicted octanol–water partition coefficient (Wildman–Crippen LogP) is 3.94. The molecule has 0 saturated heterocycles. The number of aromatic nitrogens is 2. The Balaban J connectivity index is 1.69. The van der Waals surface area contributed by atoms with Crippen molar-refractivity contribution in [3.63, 3.8) is 0 Å². The number of benzene rings is 1. The van der Waals surface area contributed by atoms with Crippen LogP contribution in [0.2, 0.25) is 0 Å². The molecule has 0 radical (unpaired) electrons. The van der Waals surface area contributed by atoms with Gasteiger partial charge in [-0.15, -0.1) is 0 Å². The number of methoxy groups -OCH3 is 1. The molecule has 31 heavy (non-hydrogen) atoms. The van der Waals surface area contributed by atoms with Gasteiger partial charge in [0.1, 0.15) is 17.3 Å². The molecule has 9 heteroatoms. The quantitative estimate of drug-likeness (QED) is 0.517. The molecule has 0 aliphatic rings. The molecule has 0 aliphatic heterocycles. The van der Waals surface area contributed by atoms with Gasteiger partial charge in [0.2, 0.25) is 10.0 Å². The highest BCUT2D eigenvalue weighted by atomic mass is 32.2. The molecule has 3 rings (SSSR count). The van der Waals surface area contributed by atoms with Crippen molar-refractivity contribution in [2.24, 2.45) is 0 Å². The number of ether oxygens (including phenoxy) is 2. The first kappa shape index (κ1) is 22.7. The number of hydrogen-bond donors (Lipinski definition) is 2. The fraction of sp³-hybridized carbons (Fsp3) is 0.273. The largest absolute Gasteiger partial charge is 0.455 e. The van der Waals surface area contributed by atoms with Crippen molar-refractivity contribution >= 4 is 21.5 Å². The zero-order chi connectivity index (χ0) is 22.4. The van der Waals surface area contributed by atoms with Crippen molar-refractivity contribution in [1.82, 2.24) is 14.7 Å². The number of anilines is 2. The van der Waals surface area contributed by atoms with Gasteiger partial charge < -0.3 is 14.8 Å². The second-order valence-electron chi connectivity index (χ2n) is 7.14. The molecule has 1 atom stereocenters. The fourth-order valence-corrected chi connectivity index (χ4v) is 4.16. The normalized spacial score (nSPS) is 12.4. The summed E-state index contributed by atoms with van der Waals surface area (Å²) < 4.78 is 38.3. The van der Waals surface area contributed by atoms with Crippen LogP contribution in [0.25, 0.3) is 0 Å². The topological polar surface area (TPSA) is 102 Å². The molecule has 0 bridgehead atoms. The summed E-state index contributed by atoms with van der Waals surface area (Å²) in [4.78, 5) is 8.87. The monoisotopic (exact) mass is 442 g/mol. The maximum atomic E-state index is 12.4. The number of rotatable bonds is 9. The maximum Gasteiger partial charge on any atom is 0.240 e. The molecular formula is C22H26N4O4S. The van der Waals surface area contributed by atoms with Crippen molar-refractivity contribution in [3.05, 3.63) is 66.1 Å². The van der Waals surface area contributed by atoms with E-state index in [0.717, 1.165) is 11.4 Å². The van der Waals surface area contributed by atoms with Crippen molar-refractivity contribution in [1.29, 1.82) is 0 Å². The van der Waals surface area contributed by atoms with Crippen LogP contribution >= 0.6 is 0 Å². The van der Waals surface area contributed by atoms with Gasteiger partial charge in [-0.2, -0.15) is 0 Å². The molecule has 2 N–H and O–H groups in total. The molecule has 0 spiro atoms. The molecule has 2 heterocycles. The van der Waals surface area contributed by atoms with E-state index < -0.39 is 10.0 Å². The zero-order valence-corrected chi connectivity index (χ0v) is 18.7. The minimum Gasteiger partial charge on any atom is -0.455 e. The van der Waals surface area contributed by atoms with Crippen LogP contribution in [0.4, 0.5) is 11.5 Å². The van der Waals surface area contributed by atoms with E-state index in [4.69, 9.17) is 9.47 Å². The van der Waals surface area contributed by atoms with Gasteiger partial charge in [-0.05, 0) is 63.2 Å². The third-order valence-corrected chi connectivity index (χ3v) is 5.95. The Kier molecular flexibility index (Phi) is 7.21. The molecule has 3 aromatic rings. The van der Waals surface area contributed by atoms with E-state index in [9.17, 15) is 8.42 Å². The molecule has 0 fully saturated rings. The smallest absolute Gasteiger partial charge is 0.240 e. The van der Waals surface area contributed by atoms with E-state index in [-0.39, 0.29) is 10.9 Å².